The summed E-state index contributed by atoms with van der Waals surface area (Å²) < 4.78 is 5.04. The maximum atomic E-state index is 11.6. The molecule has 0 radical (unpaired) electrons. The molecule has 0 spiro atoms. The molecule has 7 heteroatoms. The van der Waals surface area contributed by atoms with Crippen molar-refractivity contribution in [3.8, 4) is 5.75 Å². The SMILES string of the molecule is COc1ccc(C=CC(=O)NC(N)=NC(=N)N(C)C)cc1. The molecule has 7 nitrogen and oxygen atoms in total. The normalized spacial score (nSPS) is 11.3. The molecule has 1 aromatic rings. The van der Waals surface area contributed by atoms with Gasteiger partial charge in [-0.1, -0.05) is 12.1 Å². The van der Waals surface area contributed by atoms with E-state index in [2.05, 4.69) is 10.3 Å². The lowest BCUT2D eigenvalue weighted by molar-refractivity contribution is -0.115. The second-order valence-corrected chi connectivity index (χ2v) is 4.31. The standard InChI is InChI=1S/C14H19N5O2/c1-19(2)14(16)18-13(15)17-12(20)9-6-10-4-7-11(21-3)8-5-10/h4-9H,1-3H3,(H4,15,16,17,18,20). The minimum Gasteiger partial charge on any atom is -0.497 e. The zero-order valence-corrected chi connectivity index (χ0v) is 12.3. The van der Waals surface area contributed by atoms with Crippen molar-refractivity contribution < 1.29 is 9.53 Å². The molecule has 0 saturated carbocycles. The number of amides is 1. The van der Waals surface area contributed by atoms with Gasteiger partial charge in [0, 0.05) is 20.2 Å². The van der Waals surface area contributed by atoms with Gasteiger partial charge in [0.1, 0.15) is 5.75 Å². The number of aliphatic imine (C=N–C) groups is 1. The number of nitrogens with one attached hydrogen (secondary N) is 2. The molecule has 0 aliphatic heterocycles. The zero-order valence-electron chi connectivity index (χ0n) is 12.3. The van der Waals surface area contributed by atoms with Crippen molar-refractivity contribution >= 4 is 23.9 Å². The Morgan fingerprint density at radius 1 is 1.38 bits per heavy atom. The van der Waals surface area contributed by atoms with Crippen molar-refractivity contribution in [1.82, 2.24) is 10.2 Å². The molecule has 21 heavy (non-hydrogen) atoms. The lowest BCUT2D eigenvalue weighted by Gasteiger charge is -2.09. The third kappa shape index (κ3) is 5.77. The summed E-state index contributed by atoms with van der Waals surface area (Å²) in [7, 11) is 4.90. The van der Waals surface area contributed by atoms with Gasteiger partial charge in [0.2, 0.25) is 11.9 Å². The number of ether oxygens (including phenoxy) is 1. The van der Waals surface area contributed by atoms with E-state index in [1.807, 2.05) is 12.1 Å². The van der Waals surface area contributed by atoms with Gasteiger partial charge in [0.25, 0.3) is 5.91 Å². The fourth-order valence-electron chi connectivity index (χ4n) is 1.30. The van der Waals surface area contributed by atoms with Crippen molar-refractivity contribution in [1.29, 1.82) is 5.41 Å². The minimum absolute atomic E-state index is 0.0491. The lowest BCUT2D eigenvalue weighted by atomic mass is 10.2. The van der Waals surface area contributed by atoms with Crippen molar-refractivity contribution in [2.45, 2.75) is 0 Å². The predicted octanol–water partition coefficient (Wildman–Crippen LogP) is 0.636. The molecule has 4 N–H and O–H groups in total. The number of nitrogens with two attached hydrogens (primary N) is 1. The van der Waals surface area contributed by atoms with Crippen molar-refractivity contribution in [2.24, 2.45) is 10.7 Å². The summed E-state index contributed by atoms with van der Waals surface area (Å²) in [5.41, 5.74) is 6.37. The molecule has 1 rings (SSSR count). The summed E-state index contributed by atoms with van der Waals surface area (Å²) in [5.74, 6) is 0.152. The number of carbonyl (C=O) groups excluding carboxylic acids is 1. The van der Waals surface area contributed by atoms with Gasteiger partial charge in [-0.25, -0.2) is 0 Å². The Hall–Kier alpha value is -2.83. The summed E-state index contributed by atoms with van der Waals surface area (Å²) in [6.07, 6.45) is 2.97. The van der Waals surface area contributed by atoms with Crippen LogP contribution in [-0.4, -0.2) is 43.9 Å². The summed E-state index contributed by atoms with van der Waals surface area (Å²) in [5, 5.41) is 9.84. The molecular weight excluding hydrogens is 270 g/mol. The molecule has 1 amide bonds. The summed E-state index contributed by atoms with van der Waals surface area (Å²) >= 11 is 0. The Morgan fingerprint density at radius 3 is 2.52 bits per heavy atom. The van der Waals surface area contributed by atoms with Crippen LogP contribution in [0.3, 0.4) is 0 Å². The second kappa shape index (κ2) is 7.68. The van der Waals surface area contributed by atoms with Crippen LogP contribution in [0.1, 0.15) is 5.56 Å². The quantitative estimate of drug-likeness (QED) is 0.431. The molecule has 0 saturated heterocycles. The molecule has 0 unspecified atom stereocenters. The number of carbonyl (C=O) groups is 1. The van der Waals surface area contributed by atoms with Gasteiger partial charge in [-0.15, -0.1) is 0 Å². The average molecular weight is 289 g/mol. The fourth-order valence-corrected chi connectivity index (χ4v) is 1.30. The lowest BCUT2D eigenvalue weighted by Crippen LogP contribution is -2.37. The highest BCUT2D eigenvalue weighted by atomic mass is 16.5. The third-order valence-corrected chi connectivity index (χ3v) is 2.44. The second-order valence-electron chi connectivity index (χ2n) is 4.31. The first-order valence-corrected chi connectivity index (χ1v) is 6.15. The number of rotatable bonds is 3. The molecule has 1 aromatic carbocycles. The first-order chi connectivity index (χ1) is 9.92. The van der Waals surface area contributed by atoms with E-state index in [0.717, 1.165) is 11.3 Å². The van der Waals surface area contributed by atoms with Crippen molar-refractivity contribution in [2.75, 3.05) is 21.2 Å². The van der Waals surface area contributed by atoms with Crippen LogP contribution in [0, 0.1) is 5.41 Å². The highest BCUT2D eigenvalue weighted by molar-refractivity contribution is 6.06. The Morgan fingerprint density at radius 2 is 2.00 bits per heavy atom. The van der Waals surface area contributed by atoms with Gasteiger partial charge < -0.3 is 15.4 Å². The summed E-state index contributed by atoms with van der Waals surface area (Å²) in [6, 6.07) is 7.24. The smallest absolute Gasteiger partial charge is 0.250 e. The Kier molecular flexibility index (Phi) is 5.94. The number of guanidine groups is 2. The number of hydrogen-bond donors (Lipinski definition) is 3. The van der Waals surface area contributed by atoms with Gasteiger partial charge in [-0.2, -0.15) is 4.99 Å². The molecule has 0 fully saturated rings. The molecule has 0 aliphatic rings. The van der Waals surface area contributed by atoms with E-state index in [-0.39, 0.29) is 11.9 Å². The molecule has 0 aliphatic carbocycles. The molecule has 112 valence electrons. The zero-order chi connectivity index (χ0) is 15.8. The maximum absolute atomic E-state index is 11.6. The van der Waals surface area contributed by atoms with E-state index in [4.69, 9.17) is 15.9 Å². The fraction of sp³-hybridized carbons (Fsp3) is 0.214. The first-order valence-electron chi connectivity index (χ1n) is 6.15. The molecule has 0 atom stereocenters. The Balaban J connectivity index is 2.60. The van der Waals surface area contributed by atoms with E-state index in [1.165, 1.54) is 11.0 Å². The average Bonchev–Trinajstić information content (AvgIpc) is 2.45. The van der Waals surface area contributed by atoms with Crippen LogP contribution < -0.4 is 15.8 Å². The molecule has 0 heterocycles. The minimum atomic E-state index is -0.418. The van der Waals surface area contributed by atoms with Crippen LogP contribution >= 0.6 is 0 Å². The van der Waals surface area contributed by atoms with Crippen LogP contribution in [0.5, 0.6) is 5.75 Å². The van der Waals surface area contributed by atoms with E-state index >= 15 is 0 Å². The first kappa shape index (κ1) is 16.2. The van der Waals surface area contributed by atoms with Gasteiger partial charge in [0.15, 0.2) is 0 Å². The monoisotopic (exact) mass is 289 g/mol. The van der Waals surface area contributed by atoms with Crippen LogP contribution in [0.4, 0.5) is 0 Å². The van der Waals surface area contributed by atoms with Crippen LogP contribution in [-0.2, 0) is 4.79 Å². The van der Waals surface area contributed by atoms with Crippen LogP contribution in [0.15, 0.2) is 35.3 Å². The van der Waals surface area contributed by atoms with E-state index in [0.29, 0.717) is 0 Å². The summed E-state index contributed by atoms with van der Waals surface area (Å²) in [4.78, 5) is 16.8. The number of benzene rings is 1. The highest BCUT2D eigenvalue weighted by Gasteiger charge is 2.01. The van der Waals surface area contributed by atoms with Gasteiger partial charge >= 0.3 is 0 Å². The molecule has 0 bridgehead atoms. The van der Waals surface area contributed by atoms with Gasteiger partial charge in [-0.3, -0.25) is 15.5 Å². The van der Waals surface area contributed by atoms with Crippen molar-refractivity contribution in [3.63, 3.8) is 0 Å². The Labute approximate surface area is 123 Å². The van der Waals surface area contributed by atoms with Crippen LogP contribution in [0.2, 0.25) is 0 Å². The van der Waals surface area contributed by atoms with E-state index < -0.39 is 5.91 Å². The molecule has 0 aromatic heterocycles. The third-order valence-electron chi connectivity index (χ3n) is 2.44. The Bertz CT molecular complexity index is 561. The highest BCUT2D eigenvalue weighted by Crippen LogP contribution is 2.12. The van der Waals surface area contributed by atoms with Gasteiger partial charge in [-0.05, 0) is 23.8 Å². The summed E-state index contributed by atoms with van der Waals surface area (Å²) in [6.45, 7) is 0. The van der Waals surface area contributed by atoms with Crippen LogP contribution in [0.25, 0.3) is 6.08 Å². The van der Waals surface area contributed by atoms with E-state index in [9.17, 15) is 4.79 Å². The predicted molar refractivity (Wildman–Crippen MR) is 83.2 cm³/mol. The van der Waals surface area contributed by atoms with Gasteiger partial charge in [0.05, 0.1) is 7.11 Å². The number of methoxy groups -OCH3 is 1. The number of nitrogens with zero attached hydrogens (tertiary/aromatic N) is 2. The topological polar surface area (TPSA) is 104 Å². The number of hydrogen-bond acceptors (Lipinski definition) is 3. The largest absolute Gasteiger partial charge is 0.497 e. The molecular formula is C14H19N5O2. The van der Waals surface area contributed by atoms with E-state index in [1.54, 1.807) is 39.4 Å². The van der Waals surface area contributed by atoms with Crippen molar-refractivity contribution in [3.05, 3.63) is 35.9 Å². The maximum Gasteiger partial charge on any atom is 0.250 e.